The van der Waals surface area contributed by atoms with Gasteiger partial charge >= 0.3 is 0 Å². The molecule has 0 fully saturated rings. The van der Waals surface area contributed by atoms with Crippen molar-refractivity contribution in [3.8, 4) is 5.75 Å². The number of furan rings is 1. The molecular weight excluding hydrogens is 510 g/mol. The second-order valence-electron chi connectivity index (χ2n) is 10.8. The Morgan fingerprint density at radius 3 is 2.31 bits per heavy atom. The number of thiophene rings is 1. The van der Waals surface area contributed by atoms with E-state index in [1.54, 1.807) is 27.0 Å². The fourth-order valence-corrected chi connectivity index (χ4v) is 6.58. The highest BCUT2D eigenvalue weighted by Gasteiger charge is 2.33. The zero-order valence-electron chi connectivity index (χ0n) is 21.1. The summed E-state index contributed by atoms with van der Waals surface area (Å²) in [5.41, 5.74) is 0.140. The fourth-order valence-electron chi connectivity index (χ4n) is 3.30. The third-order valence-electron chi connectivity index (χ3n) is 4.97. The summed E-state index contributed by atoms with van der Waals surface area (Å²) in [4.78, 5) is 0. The van der Waals surface area contributed by atoms with Crippen LogP contribution in [0.4, 0.5) is 17.3 Å². The molecule has 3 aromatic heterocycles. The number of sulfonamides is 1. The van der Waals surface area contributed by atoms with Crippen molar-refractivity contribution in [1.29, 1.82) is 0 Å². The molecule has 0 amide bonds. The SMILES string of the molecule is CC(C)c1coc([C@H](Nc2n[s+]([O-])nc2Nc2csc(S(=O)(=O)NC(C)(C)C)c2O)C(C)(C)C)c1. The number of aromatic nitrogens is 2. The van der Waals surface area contributed by atoms with Crippen LogP contribution in [0.2, 0.25) is 0 Å². The first-order valence-electron chi connectivity index (χ1n) is 11.0. The van der Waals surface area contributed by atoms with Gasteiger partial charge in [0.25, 0.3) is 10.0 Å². The normalized spacial score (nSPS) is 14.4. The molecule has 0 saturated heterocycles. The maximum atomic E-state index is 12.7. The van der Waals surface area contributed by atoms with Crippen LogP contribution in [0.3, 0.4) is 0 Å². The van der Waals surface area contributed by atoms with Crippen molar-refractivity contribution in [1.82, 2.24) is 13.5 Å². The molecule has 194 valence electrons. The van der Waals surface area contributed by atoms with E-state index >= 15 is 0 Å². The van der Waals surface area contributed by atoms with E-state index in [9.17, 15) is 18.1 Å². The van der Waals surface area contributed by atoms with Gasteiger partial charge in [0.2, 0.25) is 11.6 Å². The van der Waals surface area contributed by atoms with Gasteiger partial charge in [-0.3, -0.25) is 0 Å². The molecule has 3 rings (SSSR count). The molecule has 3 heterocycles. The predicted octanol–water partition coefficient (Wildman–Crippen LogP) is 5.71. The van der Waals surface area contributed by atoms with Gasteiger partial charge in [0.05, 0.1) is 18.0 Å². The van der Waals surface area contributed by atoms with Crippen molar-refractivity contribution in [2.75, 3.05) is 10.6 Å². The molecule has 4 N–H and O–H groups in total. The summed E-state index contributed by atoms with van der Waals surface area (Å²) in [6.45, 7) is 15.4. The third-order valence-corrected chi connectivity index (χ3v) is 8.92. The van der Waals surface area contributed by atoms with Crippen molar-refractivity contribution in [3.05, 3.63) is 29.0 Å². The minimum atomic E-state index is -3.94. The third kappa shape index (κ3) is 6.53. The lowest BCUT2D eigenvalue weighted by Gasteiger charge is -2.29. The summed E-state index contributed by atoms with van der Waals surface area (Å²) in [5.74, 6) is 0.873. The average Bonchev–Trinajstić information content (AvgIpc) is 3.37. The molecule has 1 unspecified atom stereocenters. The van der Waals surface area contributed by atoms with E-state index in [1.165, 1.54) is 5.38 Å². The quantitative estimate of drug-likeness (QED) is 0.262. The molecule has 0 aliphatic carbocycles. The Morgan fingerprint density at radius 2 is 1.77 bits per heavy atom. The number of anilines is 3. The Hall–Kier alpha value is -2.19. The van der Waals surface area contributed by atoms with Crippen molar-refractivity contribution in [2.24, 2.45) is 5.41 Å². The molecule has 0 aliphatic heterocycles. The van der Waals surface area contributed by atoms with Crippen molar-refractivity contribution >= 4 is 49.8 Å². The average molecular weight is 544 g/mol. The minimum Gasteiger partial charge on any atom is -0.546 e. The molecule has 35 heavy (non-hydrogen) atoms. The Kier molecular flexibility index (Phi) is 7.59. The van der Waals surface area contributed by atoms with E-state index in [4.69, 9.17) is 4.42 Å². The Labute approximate surface area is 213 Å². The fraction of sp³-hybridized carbons (Fsp3) is 0.545. The van der Waals surface area contributed by atoms with Crippen molar-refractivity contribution in [3.63, 3.8) is 0 Å². The topological polar surface area (TPSA) is 152 Å². The van der Waals surface area contributed by atoms with E-state index < -0.39 is 32.5 Å². The lowest BCUT2D eigenvalue weighted by molar-refractivity contribution is 0.303. The minimum absolute atomic E-state index is 0.115. The first kappa shape index (κ1) is 27.4. The number of nitrogens with zero attached hydrogens (tertiary/aromatic N) is 2. The Bertz CT molecular complexity index is 1280. The van der Waals surface area contributed by atoms with Crippen LogP contribution < -0.4 is 15.4 Å². The maximum absolute atomic E-state index is 12.7. The van der Waals surface area contributed by atoms with Crippen LogP contribution in [0.1, 0.15) is 78.7 Å². The molecule has 0 saturated carbocycles. The highest BCUT2D eigenvalue weighted by molar-refractivity contribution is 7.91. The summed E-state index contributed by atoms with van der Waals surface area (Å²) < 4.78 is 53.8. The van der Waals surface area contributed by atoms with Crippen LogP contribution in [0.25, 0.3) is 0 Å². The number of nitrogens with one attached hydrogen (secondary N) is 3. The standard InChI is InChI=1S/C22H33N5O5S3/c1-12(2)13-9-15(32-10-13)17(21(3,4)5)24-19-18(25-34(29)26-19)23-14-11-33-20(16(14)28)35(30,31)27-22(6,7)8/h9-12,17,27-28H,1-8H3,(H,23,25)(H,24,26)/t17-,34?/m0/s1. The molecule has 0 aliphatic rings. The van der Waals surface area contributed by atoms with Gasteiger partial charge in [-0.05, 0) is 43.7 Å². The maximum Gasteiger partial charge on any atom is 0.254 e. The van der Waals surface area contributed by atoms with Crippen LogP contribution in [-0.4, -0.2) is 32.4 Å². The summed E-state index contributed by atoms with van der Waals surface area (Å²) in [7, 11) is -3.94. The van der Waals surface area contributed by atoms with Crippen LogP contribution in [-0.2, 0) is 10.0 Å². The van der Waals surface area contributed by atoms with Gasteiger partial charge in [0, 0.05) is 19.7 Å². The number of aromatic hydroxyl groups is 1. The van der Waals surface area contributed by atoms with Gasteiger partial charge in [0.15, 0.2) is 21.1 Å². The molecule has 0 bridgehead atoms. The highest BCUT2D eigenvalue weighted by atomic mass is 32.2. The van der Waals surface area contributed by atoms with E-state index in [-0.39, 0.29) is 33.0 Å². The van der Waals surface area contributed by atoms with Gasteiger partial charge in [-0.2, -0.15) is 0 Å². The zero-order chi connectivity index (χ0) is 26.3. The van der Waals surface area contributed by atoms with E-state index in [0.717, 1.165) is 16.9 Å². The summed E-state index contributed by atoms with van der Waals surface area (Å²) >= 11 is -1.02. The summed E-state index contributed by atoms with van der Waals surface area (Å²) in [6, 6.07) is 1.65. The molecule has 0 aromatic carbocycles. The summed E-state index contributed by atoms with van der Waals surface area (Å²) in [6.07, 6.45) is 1.72. The van der Waals surface area contributed by atoms with E-state index in [0.29, 0.717) is 11.7 Å². The second-order valence-corrected chi connectivity index (χ2v) is 14.3. The first-order valence-corrected chi connectivity index (χ1v) is 14.5. The van der Waals surface area contributed by atoms with E-state index in [2.05, 4.69) is 38.0 Å². The lowest BCUT2D eigenvalue weighted by atomic mass is 9.85. The van der Waals surface area contributed by atoms with Crippen molar-refractivity contribution < 1.29 is 22.5 Å². The molecule has 0 radical (unpaired) electrons. The van der Waals surface area contributed by atoms with Crippen LogP contribution in [0.5, 0.6) is 5.75 Å². The second kappa shape index (κ2) is 9.69. The van der Waals surface area contributed by atoms with E-state index in [1.807, 2.05) is 26.8 Å². The van der Waals surface area contributed by atoms with Gasteiger partial charge < -0.3 is 24.7 Å². The molecule has 0 spiro atoms. The molecule has 10 nitrogen and oxygen atoms in total. The van der Waals surface area contributed by atoms with Crippen molar-refractivity contribution in [2.45, 2.75) is 77.1 Å². The summed E-state index contributed by atoms with van der Waals surface area (Å²) in [5, 5.41) is 18.2. The van der Waals surface area contributed by atoms with Gasteiger partial charge in [-0.15, -0.1) is 11.3 Å². The highest BCUT2D eigenvalue weighted by Crippen LogP contribution is 2.43. The van der Waals surface area contributed by atoms with Gasteiger partial charge in [0.1, 0.15) is 5.76 Å². The first-order chi connectivity index (χ1) is 16.0. The van der Waals surface area contributed by atoms with Gasteiger partial charge in [-0.25, -0.2) is 13.1 Å². The Morgan fingerprint density at radius 1 is 1.14 bits per heavy atom. The molecule has 3 aromatic rings. The molecule has 13 heteroatoms. The molecular formula is C22H33N5O5S3. The van der Waals surface area contributed by atoms with Crippen LogP contribution >= 0.6 is 22.5 Å². The Balaban J connectivity index is 1.91. The predicted molar refractivity (Wildman–Crippen MR) is 139 cm³/mol. The van der Waals surface area contributed by atoms with Crippen LogP contribution in [0.15, 0.2) is 26.3 Å². The monoisotopic (exact) mass is 543 g/mol. The van der Waals surface area contributed by atoms with Gasteiger partial charge in [-0.1, -0.05) is 34.6 Å². The largest absolute Gasteiger partial charge is 0.546 e. The lowest BCUT2D eigenvalue weighted by Crippen LogP contribution is -2.40. The smallest absolute Gasteiger partial charge is 0.254 e. The number of hydrogen-bond acceptors (Lipinski definition) is 10. The molecule has 2 atom stereocenters. The van der Waals surface area contributed by atoms with Crippen LogP contribution in [0, 0.1) is 5.41 Å². The number of rotatable bonds is 8. The number of hydrogen-bond donors (Lipinski definition) is 4. The zero-order valence-corrected chi connectivity index (χ0v) is 23.5.